The number of halogens is 1. The Labute approximate surface area is 145 Å². The zero-order valence-corrected chi connectivity index (χ0v) is 13.8. The van der Waals surface area contributed by atoms with E-state index in [-0.39, 0.29) is 11.8 Å². The minimum absolute atomic E-state index is 0.115. The average molecular weight is 345 g/mol. The van der Waals surface area contributed by atoms with Crippen molar-refractivity contribution in [2.24, 2.45) is 0 Å². The number of ether oxygens (including phenoxy) is 1. The summed E-state index contributed by atoms with van der Waals surface area (Å²) in [6, 6.07) is 7.45. The summed E-state index contributed by atoms with van der Waals surface area (Å²) >= 11 is 0. The summed E-state index contributed by atoms with van der Waals surface area (Å²) in [6.45, 7) is 3.34. The maximum atomic E-state index is 12.8. The van der Waals surface area contributed by atoms with E-state index in [0.717, 1.165) is 0 Å². The first kappa shape index (κ1) is 16.9. The molecule has 1 saturated heterocycles. The highest BCUT2D eigenvalue weighted by Crippen LogP contribution is 2.11. The van der Waals surface area contributed by atoms with Crippen LogP contribution in [0.15, 0.2) is 42.7 Å². The molecule has 0 radical (unpaired) electrons. The van der Waals surface area contributed by atoms with Gasteiger partial charge in [0, 0.05) is 38.6 Å². The van der Waals surface area contributed by atoms with Crippen LogP contribution in [0.2, 0.25) is 0 Å². The molecule has 2 amide bonds. The van der Waals surface area contributed by atoms with Crippen molar-refractivity contribution in [3.05, 3.63) is 48.5 Å². The number of nitrogens with one attached hydrogen (secondary N) is 1. The minimum atomic E-state index is -0.305. The first-order chi connectivity index (χ1) is 12.2. The van der Waals surface area contributed by atoms with E-state index < -0.39 is 0 Å². The van der Waals surface area contributed by atoms with Crippen molar-refractivity contribution in [1.82, 2.24) is 20.2 Å². The lowest BCUT2D eigenvalue weighted by Crippen LogP contribution is -2.52. The lowest BCUT2D eigenvalue weighted by atomic mass is 10.3. The van der Waals surface area contributed by atoms with E-state index in [2.05, 4.69) is 20.2 Å². The molecule has 0 atom stereocenters. The van der Waals surface area contributed by atoms with E-state index in [9.17, 15) is 9.18 Å². The van der Waals surface area contributed by atoms with Gasteiger partial charge in [0.15, 0.2) is 0 Å². The molecule has 1 aliphatic heterocycles. The van der Waals surface area contributed by atoms with Gasteiger partial charge in [-0.05, 0) is 30.3 Å². The van der Waals surface area contributed by atoms with Gasteiger partial charge in [0.1, 0.15) is 18.2 Å². The Kier molecular flexibility index (Phi) is 5.61. The van der Waals surface area contributed by atoms with Gasteiger partial charge in [-0.3, -0.25) is 0 Å². The number of carbonyl (C=O) groups is 1. The Morgan fingerprint density at radius 2 is 1.80 bits per heavy atom. The molecule has 132 valence electrons. The molecule has 0 saturated carbocycles. The number of hydrogen-bond donors (Lipinski definition) is 1. The molecule has 1 N–H and O–H groups in total. The standard InChI is InChI=1S/C17H20FN5O2/c18-14-2-4-15(5-3-14)25-13-8-21-17(24)23-11-9-22(10-12-23)16-19-6-1-7-20-16/h1-7H,8-13H2,(H,21,24). The molecule has 1 aliphatic rings. The van der Waals surface area contributed by atoms with Crippen molar-refractivity contribution in [2.75, 3.05) is 44.2 Å². The van der Waals surface area contributed by atoms with Gasteiger partial charge in [-0.15, -0.1) is 0 Å². The van der Waals surface area contributed by atoms with E-state index in [0.29, 0.717) is 51.0 Å². The third kappa shape index (κ3) is 4.79. The lowest BCUT2D eigenvalue weighted by molar-refractivity contribution is 0.191. The largest absolute Gasteiger partial charge is 0.492 e. The summed E-state index contributed by atoms with van der Waals surface area (Å²) in [5, 5.41) is 2.83. The van der Waals surface area contributed by atoms with Crippen LogP contribution in [0, 0.1) is 5.82 Å². The number of anilines is 1. The number of benzene rings is 1. The molecule has 0 spiro atoms. The van der Waals surface area contributed by atoms with Crippen LogP contribution in [0.4, 0.5) is 15.1 Å². The SMILES string of the molecule is O=C(NCCOc1ccc(F)cc1)N1CCN(c2ncccn2)CC1. The minimum Gasteiger partial charge on any atom is -0.492 e. The Bertz CT molecular complexity index is 675. The summed E-state index contributed by atoms with van der Waals surface area (Å²) in [5.41, 5.74) is 0. The number of urea groups is 1. The monoisotopic (exact) mass is 345 g/mol. The summed E-state index contributed by atoms with van der Waals surface area (Å²) in [4.78, 5) is 24.4. The molecule has 2 aromatic rings. The summed E-state index contributed by atoms with van der Waals surface area (Å²) in [5.74, 6) is 0.961. The van der Waals surface area contributed by atoms with Crippen LogP contribution in [-0.2, 0) is 0 Å². The van der Waals surface area contributed by atoms with Crippen molar-refractivity contribution in [3.63, 3.8) is 0 Å². The van der Waals surface area contributed by atoms with Gasteiger partial charge in [0.2, 0.25) is 5.95 Å². The summed E-state index contributed by atoms with van der Waals surface area (Å²) in [6.07, 6.45) is 3.42. The zero-order valence-electron chi connectivity index (χ0n) is 13.8. The quantitative estimate of drug-likeness (QED) is 0.832. The highest BCUT2D eigenvalue weighted by Gasteiger charge is 2.22. The summed E-state index contributed by atoms with van der Waals surface area (Å²) in [7, 11) is 0. The van der Waals surface area contributed by atoms with Gasteiger partial charge in [-0.2, -0.15) is 0 Å². The molecule has 7 nitrogen and oxygen atoms in total. The van der Waals surface area contributed by atoms with E-state index in [1.807, 2.05) is 0 Å². The molecule has 25 heavy (non-hydrogen) atoms. The number of amides is 2. The third-order valence-electron chi connectivity index (χ3n) is 3.86. The number of rotatable bonds is 5. The third-order valence-corrected chi connectivity index (χ3v) is 3.86. The Morgan fingerprint density at radius 1 is 1.12 bits per heavy atom. The van der Waals surface area contributed by atoms with E-state index in [4.69, 9.17) is 4.74 Å². The first-order valence-electron chi connectivity index (χ1n) is 8.15. The Balaban J connectivity index is 1.36. The first-order valence-corrected chi connectivity index (χ1v) is 8.15. The van der Waals surface area contributed by atoms with Crippen LogP contribution < -0.4 is 15.0 Å². The fraction of sp³-hybridized carbons (Fsp3) is 0.353. The van der Waals surface area contributed by atoms with Gasteiger partial charge in [0.05, 0.1) is 6.54 Å². The molecular formula is C17H20FN5O2. The van der Waals surface area contributed by atoms with Crippen molar-refractivity contribution in [2.45, 2.75) is 0 Å². The van der Waals surface area contributed by atoms with Gasteiger partial charge >= 0.3 is 6.03 Å². The predicted octanol–water partition coefficient (Wildman–Crippen LogP) is 1.53. The van der Waals surface area contributed by atoms with Gasteiger partial charge < -0.3 is 19.9 Å². The molecule has 3 rings (SSSR count). The molecule has 0 unspecified atom stereocenters. The average Bonchev–Trinajstić information content (AvgIpc) is 2.67. The number of piperazine rings is 1. The Hall–Kier alpha value is -2.90. The van der Waals surface area contributed by atoms with Gasteiger partial charge in [0.25, 0.3) is 0 Å². The molecule has 1 aromatic carbocycles. The highest BCUT2D eigenvalue weighted by molar-refractivity contribution is 5.74. The fourth-order valence-electron chi connectivity index (χ4n) is 2.53. The molecular weight excluding hydrogens is 325 g/mol. The molecule has 0 bridgehead atoms. The molecule has 0 aliphatic carbocycles. The van der Waals surface area contributed by atoms with Gasteiger partial charge in [-0.1, -0.05) is 0 Å². The molecule has 1 fully saturated rings. The van der Waals surface area contributed by atoms with Crippen LogP contribution in [0.3, 0.4) is 0 Å². The predicted molar refractivity (Wildman–Crippen MR) is 91.1 cm³/mol. The van der Waals surface area contributed by atoms with Gasteiger partial charge in [-0.25, -0.2) is 19.2 Å². The van der Waals surface area contributed by atoms with E-state index in [1.54, 1.807) is 35.5 Å². The number of nitrogens with zero attached hydrogens (tertiary/aromatic N) is 4. The van der Waals surface area contributed by atoms with Crippen LogP contribution in [0.25, 0.3) is 0 Å². The number of carbonyl (C=O) groups excluding carboxylic acids is 1. The maximum Gasteiger partial charge on any atom is 0.317 e. The second kappa shape index (κ2) is 8.27. The van der Waals surface area contributed by atoms with Crippen molar-refractivity contribution in [1.29, 1.82) is 0 Å². The second-order valence-electron chi connectivity index (χ2n) is 5.56. The topological polar surface area (TPSA) is 70.6 Å². The van der Waals surface area contributed by atoms with Crippen LogP contribution in [-0.4, -0.2) is 60.2 Å². The summed E-state index contributed by atoms with van der Waals surface area (Å²) < 4.78 is 18.2. The smallest absolute Gasteiger partial charge is 0.317 e. The van der Waals surface area contributed by atoms with E-state index in [1.165, 1.54) is 12.1 Å². The Morgan fingerprint density at radius 3 is 2.48 bits per heavy atom. The van der Waals surface area contributed by atoms with Crippen molar-refractivity contribution >= 4 is 12.0 Å². The van der Waals surface area contributed by atoms with Crippen molar-refractivity contribution < 1.29 is 13.9 Å². The number of hydrogen-bond acceptors (Lipinski definition) is 5. The second-order valence-corrected chi connectivity index (χ2v) is 5.56. The fourth-order valence-corrected chi connectivity index (χ4v) is 2.53. The zero-order chi connectivity index (χ0) is 17.5. The normalized spacial score (nSPS) is 14.3. The molecule has 8 heteroatoms. The number of aromatic nitrogens is 2. The van der Waals surface area contributed by atoms with E-state index >= 15 is 0 Å². The molecule has 2 heterocycles. The maximum absolute atomic E-state index is 12.8. The van der Waals surface area contributed by atoms with Crippen LogP contribution >= 0.6 is 0 Å². The van der Waals surface area contributed by atoms with Crippen molar-refractivity contribution in [3.8, 4) is 5.75 Å². The molecule has 1 aromatic heterocycles. The van der Waals surface area contributed by atoms with Crippen LogP contribution in [0.5, 0.6) is 5.75 Å². The van der Waals surface area contributed by atoms with Crippen LogP contribution in [0.1, 0.15) is 0 Å². The highest BCUT2D eigenvalue weighted by atomic mass is 19.1. The lowest BCUT2D eigenvalue weighted by Gasteiger charge is -2.34.